The van der Waals surface area contributed by atoms with E-state index in [-0.39, 0.29) is 10.8 Å². The number of H-pyrrole nitrogens is 1. The van der Waals surface area contributed by atoms with Crippen LogP contribution in [0.2, 0.25) is 5.02 Å². The van der Waals surface area contributed by atoms with Crippen LogP contribution >= 0.6 is 11.6 Å². The smallest absolute Gasteiger partial charge is 0.382 e. The van der Waals surface area contributed by atoms with E-state index in [9.17, 15) is 18.0 Å². The van der Waals surface area contributed by atoms with Crippen LogP contribution in [0.4, 0.5) is 19.0 Å². The summed E-state index contributed by atoms with van der Waals surface area (Å²) < 4.78 is 35.8. The van der Waals surface area contributed by atoms with Crippen LogP contribution in [0.1, 0.15) is 0 Å². The van der Waals surface area contributed by atoms with Gasteiger partial charge in [-0.05, 0) is 0 Å². The summed E-state index contributed by atoms with van der Waals surface area (Å²) in [7, 11) is 0. The number of aromatic amines is 1. The van der Waals surface area contributed by atoms with Crippen molar-refractivity contribution in [3.8, 4) is 0 Å². The number of nitrogens with one attached hydrogen (secondary N) is 2. The average molecular weight is 258 g/mol. The SMILES string of the molecule is O=c1[nH]cnc(NCC(O)C(F)(F)F)c1Cl. The molecule has 0 radical (unpaired) electrons. The van der Waals surface area contributed by atoms with Crippen LogP contribution in [0.5, 0.6) is 0 Å². The largest absolute Gasteiger partial charge is 0.416 e. The minimum absolute atomic E-state index is 0.214. The van der Waals surface area contributed by atoms with E-state index in [0.29, 0.717) is 0 Å². The summed E-state index contributed by atoms with van der Waals surface area (Å²) in [4.78, 5) is 16.6. The van der Waals surface area contributed by atoms with E-state index in [1.165, 1.54) is 0 Å². The normalized spacial score (nSPS) is 13.6. The topological polar surface area (TPSA) is 78.0 Å². The summed E-state index contributed by atoms with van der Waals surface area (Å²) in [5.41, 5.74) is -0.680. The molecule has 0 saturated heterocycles. The maximum absolute atomic E-state index is 11.9. The quantitative estimate of drug-likeness (QED) is 0.747. The summed E-state index contributed by atoms with van der Waals surface area (Å²) in [6.07, 6.45) is -6.30. The van der Waals surface area contributed by atoms with Gasteiger partial charge in [-0.15, -0.1) is 0 Å². The monoisotopic (exact) mass is 257 g/mol. The van der Waals surface area contributed by atoms with Gasteiger partial charge in [-0.2, -0.15) is 13.2 Å². The predicted molar refractivity (Wildman–Crippen MR) is 50.4 cm³/mol. The predicted octanol–water partition coefficient (Wildman–Crippen LogP) is 0.758. The fourth-order valence-electron chi connectivity index (χ4n) is 0.815. The van der Waals surface area contributed by atoms with Crippen LogP contribution in [0.25, 0.3) is 0 Å². The Morgan fingerprint density at radius 3 is 2.81 bits per heavy atom. The lowest BCUT2D eigenvalue weighted by molar-refractivity contribution is -0.198. The minimum atomic E-state index is -4.74. The van der Waals surface area contributed by atoms with Crippen LogP contribution in [-0.4, -0.2) is 33.9 Å². The van der Waals surface area contributed by atoms with Crippen molar-refractivity contribution < 1.29 is 18.3 Å². The fourth-order valence-corrected chi connectivity index (χ4v) is 0.986. The molecule has 1 unspecified atom stereocenters. The maximum atomic E-state index is 11.9. The van der Waals surface area contributed by atoms with Crippen LogP contribution in [-0.2, 0) is 0 Å². The second-order valence-electron chi connectivity index (χ2n) is 2.83. The molecule has 1 aromatic rings. The van der Waals surface area contributed by atoms with Gasteiger partial charge in [-0.1, -0.05) is 11.6 Å². The first-order chi connectivity index (χ1) is 7.32. The Bertz CT molecular complexity index is 420. The number of hydrogen-bond acceptors (Lipinski definition) is 4. The molecule has 1 heterocycles. The van der Waals surface area contributed by atoms with Gasteiger partial charge in [-0.3, -0.25) is 4.79 Å². The first-order valence-corrected chi connectivity index (χ1v) is 4.42. The third-order valence-corrected chi connectivity index (χ3v) is 1.99. The van der Waals surface area contributed by atoms with Gasteiger partial charge in [0.1, 0.15) is 5.02 Å². The zero-order chi connectivity index (χ0) is 12.3. The van der Waals surface area contributed by atoms with E-state index < -0.39 is 24.4 Å². The van der Waals surface area contributed by atoms with Gasteiger partial charge in [0, 0.05) is 0 Å². The standard InChI is InChI=1S/C7H7ClF3N3O2/c8-4-5(13-2-14-6(4)16)12-1-3(15)7(9,10)11/h2-3,15H,1H2,(H2,12,13,14,16). The molecule has 1 atom stereocenters. The first kappa shape index (κ1) is 12.8. The average Bonchev–Trinajstić information content (AvgIpc) is 2.18. The zero-order valence-electron chi connectivity index (χ0n) is 7.68. The van der Waals surface area contributed by atoms with E-state index in [2.05, 4.69) is 15.3 Å². The van der Waals surface area contributed by atoms with E-state index >= 15 is 0 Å². The summed E-state index contributed by atoms with van der Waals surface area (Å²) in [5.74, 6) is -0.214. The van der Waals surface area contributed by atoms with Crippen molar-refractivity contribution in [2.75, 3.05) is 11.9 Å². The van der Waals surface area contributed by atoms with Crippen molar-refractivity contribution >= 4 is 17.4 Å². The van der Waals surface area contributed by atoms with E-state index in [4.69, 9.17) is 16.7 Å². The lowest BCUT2D eigenvalue weighted by Gasteiger charge is -2.15. The van der Waals surface area contributed by atoms with Gasteiger partial charge in [0.05, 0.1) is 12.9 Å². The Morgan fingerprint density at radius 2 is 2.25 bits per heavy atom. The molecule has 0 fully saturated rings. The first-order valence-electron chi connectivity index (χ1n) is 4.04. The van der Waals surface area contributed by atoms with E-state index in [0.717, 1.165) is 6.33 Å². The van der Waals surface area contributed by atoms with Crippen LogP contribution in [0, 0.1) is 0 Å². The molecular weight excluding hydrogens is 251 g/mol. The second-order valence-corrected chi connectivity index (χ2v) is 3.21. The fraction of sp³-hybridized carbons (Fsp3) is 0.429. The highest BCUT2D eigenvalue weighted by atomic mass is 35.5. The molecule has 0 saturated carbocycles. The van der Waals surface area contributed by atoms with Crippen molar-refractivity contribution in [2.24, 2.45) is 0 Å². The molecule has 0 aliphatic rings. The Balaban J connectivity index is 2.69. The third kappa shape index (κ3) is 3.11. The van der Waals surface area contributed by atoms with Crippen molar-refractivity contribution in [1.82, 2.24) is 9.97 Å². The number of aliphatic hydroxyl groups excluding tert-OH is 1. The van der Waals surface area contributed by atoms with Crippen LogP contribution < -0.4 is 10.9 Å². The molecule has 3 N–H and O–H groups in total. The molecule has 5 nitrogen and oxygen atoms in total. The van der Waals surface area contributed by atoms with Gasteiger partial charge < -0.3 is 15.4 Å². The van der Waals surface area contributed by atoms with Crippen molar-refractivity contribution in [3.05, 3.63) is 21.7 Å². The molecule has 0 aliphatic heterocycles. The number of nitrogens with zero attached hydrogens (tertiary/aromatic N) is 1. The third-order valence-electron chi connectivity index (χ3n) is 1.64. The van der Waals surface area contributed by atoms with Crippen LogP contribution in [0.15, 0.2) is 11.1 Å². The van der Waals surface area contributed by atoms with Crippen LogP contribution in [0.3, 0.4) is 0 Å². The minimum Gasteiger partial charge on any atom is -0.382 e. The summed E-state index contributed by atoms with van der Waals surface area (Å²) in [6.45, 7) is -0.834. The molecule has 0 aliphatic carbocycles. The molecule has 16 heavy (non-hydrogen) atoms. The van der Waals surface area contributed by atoms with E-state index in [1.54, 1.807) is 0 Å². The van der Waals surface area contributed by atoms with Crippen molar-refractivity contribution in [2.45, 2.75) is 12.3 Å². The molecule has 1 aromatic heterocycles. The Hall–Kier alpha value is -1.28. The Labute approximate surface area is 92.3 Å². The highest BCUT2D eigenvalue weighted by molar-refractivity contribution is 6.32. The Morgan fingerprint density at radius 1 is 1.62 bits per heavy atom. The molecule has 0 spiro atoms. The van der Waals surface area contributed by atoms with Gasteiger partial charge in [0.15, 0.2) is 11.9 Å². The number of rotatable bonds is 3. The Kier molecular flexibility index (Phi) is 3.76. The maximum Gasteiger partial charge on any atom is 0.416 e. The summed E-state index contributed by atoms with van der Waals surface area (Å²) in [6, 6.07) is 0. The molecule has 0 bridgehead atoms. The molecular formula is C7H7ClF3N3O2. The van der Waals surface area contributed by atoms with Crippen molar-refractivity contribution in [3.63, 3.8) is 0 Å². The van der Waals surface area contributed by atoms with Gasteiger partial charge in [0.25, 0.3) is 5.56 Å². The number of halogens is 4. The summed E-state index contributed by atoms with van der Waals surface area (Å²) in [5, 5.41) is 10.4. The van der Waals surface area contributed by atoms with Gasteiger partial charge >= 0.3 is 6.18 Å². The van der Waals surface area contributed by atoms with Gasteiger partial charge in [0.2, 0.25) is 0 Å². The molecule has 1 rings (SSSR count). The number of aromatic nitrogens is 2. The van der Waals surface area contributed by atoms with Crippen molar-refractivity contribution in [1.29, 1.82) is 0 Å². The number of aliphatic hydroxyl groups is 1. The summed E-state index contributed by atoms with van der Waals surface area (Å²) >= 11 is 5.46. The molecule has 90 valence electrons. The number of anilines is 1. The van der Waals surface area contributed by atoms with Gasteiger partial charge in [-0.25, -0.2) is 4.98 Å². The molecule has 0 amide bonds. The molecule has 0 aromatic carbocycles. The molecule has 9 heteroatoms. The van der Waals surface area contributed by atoms with E-state index in [1.807, 2.05) is 0 Å². The second kappa shape index (κ2) is 4.71. The lowest BCUT2D eigenvalue weighted by Crippen LogP contribution is -2.35. The zero-order valence-corrected chi connectivity index (χ0v) is 8.43. The highest BCUT2D eigenvalue weighted by Gasteiger charge is 2.38. The lowest BCUT2D eigenvalue weighted by atomic mass is 10.3. The number of alkyl halides is 3. The number of hydrogen-bond donors (Lipinski definition) is 3. The highest BCUT2D eigenvalue weighted by Crippen LogP contribution is 2.20.